The lowest BCUT2D eigenvalue weighted by molar-refractivity contribution is 0.0988. The summed E-state index contributed by atoms with van der Waals surface area (Å²) in [6.07, 6.45) is 1.66. The second-order valence-corrected chi connectivity index (χ2v) is 6.49. The van der Waals surface area contributed by atoms with Gasteiger partial charge in [0.2, 0.25) is 0 Å². The Hall–Kier alpha value is -0.350. The van der Waals surface area contributed by atoms with Gasteiger partial charge in [0.25, 0.3) is 0 Å². The van der Waals surface area contributed by atoms with Gasteiger partial charge in [-0.1, -0.05) is 29.8 Å². The lowest BCUT2D eigenvalue weighted by atomic mass is 10.2. The first-order chi connectivity index (χ1) is 7.02. The Morgan fingerprint density at radius 2 is 2.13 bits per heavy atom. The van der Waals surface area contributed by atoms with Crippen molar-refractivity contribution < 1.29 is 4.79 Å². The molecule has 1 unspecified atom stereocenters. The van der Waals surface area contributed by atoms with Crippen LogP contribution in [0.2, 0.25) is 0 Å². The molecule has 0 aliphatic carbocycles. The largest absolute Gasteiger partial charge is 0.291 e. The molecule has 0 radical (unpaired) electrons. The van der Waals surface area contributed by atoms with Crippen molar-refractivity contribution in [2.75, 3.05) is 0 Å². The SMILES string of the molecule is CC(C)Sc1cccnc1C(=O)C(C)Br. The van der Waals surface area contributed by atoms with Crippen molar-refractivity contribution in [1.82, 2.24) is 4.98 Å². The van der Waals surface area contributed by atoms with Gasteiger partial charge in [0.1, 0.15) is 5.69 Å². The number of carbonyl (C=O) groups excluding carboxylic acids is 1. The summed E-state index contributed by atoms with van der Waals surface area (Å²) in [5, 5.41) is 0.450. The van der Waals surface area contributed by atoms with Crippen molar-refractivity contribution in [2.45, 2.75) is 35.7 Å². The predicted octanol–water partition coefficient (Wildman–Crippen LogP) is 3.55. The zero-order valence-electron chi connectivity index (χ0n) is 9.03. The summed E-state index contributed by atoms with van der Waals surface area (Å²) >= 11 is 4.94. The minimum atomic E-state index is -0.182. The molecule has 1 aromatic rings. The highest BCUT2D eigenvalue weighted by atomic mass is 79.9. The molecule has 0 aliphatic rings. The maximum atomic E-state index is 11.8. The van der Waals surface area contributed by atoms with Gasteiger partial charge in [0.05, 0.1) is 4.83 Å². The van der Waals surface area contributed by atoms with E-state index in [0.29, 0.717) is 10.9 Å². The van der Waals surface area contributed by atoms with Gasteiger partial charge >= 0.3 is 0 Å². The highest BCUT2D eigenvalue weighted by Gasteiger charge is 2.17. The summed E-state index contributed by atoms with van der Waals surface area (Å²) in [6, 6.07) is 3.81. The molecule has 1 aromatic heterocycles. The van der Waals surface area contributed by atoms with Gasteiger partial charge in [-0.15, -0.1) is 11.8 Å². The third-order valence-corrected chi connectivity index (χ3v) is 3.20. The van der Waals surface area contributed by atoms with Crippen LogP contribution in [0, 0.1) is 0 Å². The van der Waals surface area contributed by atoms with E-state index in [9.17, 15) is 4.79 Å². The van der Waals surface area contributed by atoms with Gasteiger partial charge in [-0.25, -0.2) is 0 Å². The number of hydrogen-bond acceptors (Lipinski definition) is 3. The van der Waals surface area contributed by atoms with Gasteiger partial charge < -0.3 is 0 Å². The van der Waals surface area contributed by atoms with Crippen LogP contribution in [-0.4, -0.2) is 20.8 Å². The van der Waals surface area contributed by atoms with Gasteiger partial charge in [-0.05, 0) is 19.1 Å². The van der Waals surface area contributed by atoms with Crippen LogP contribution in [0.1, 0.15) is 31.3 Å². The van der Waals surface area contributed by atoms with Gasteiger partial charge in [0, 0.05) is 16.3 Å². The Labute approximate surface area is 103 Å². The van der Waals surface area contributed by atoms with E-state index in [0.717, 1.165) is 4.90 Å². The fraction of sp³-hybridized carbons (Fsp3) is 0.455. The number of carbonyl (C=O) groups is 1. The average Bonchev–Trinajstić information content (AvgIpc) is 2.16. The smallest absolute Gasteiger partial charge is 0.195 e. The standard InChI is InChI=1S/C11H14BrNOS/c1-7(2)15-9-5-4-6-13-10(9)11(14)8(3)12/h4-8H,1-3H3. The van der Waals surface area contributed by atoms with Gasteiger partial charge in [-0.2, -0.15) is 0 Å². The number of alkyl halides is 1. The van der Waals surface area contributed by atoms with E-state index in [-0.39, 0.29) is 10.6 Å². The number of ketones is 1. The third-order valence-electron chi connectivity index (χ3n) is 1.73. The number of pyridine rings is 1. The molecule has 1 heterocycles. The quantitative estimate of drug-likeness (QED) is 0.482. The average molecular weight is 288 g/mol. The Balaban J connectivity index is 3.01. The molecule has 0 aliphatic heterocycles. The molecule has 0 amide bonds. The van der Waals surface area contributed by atoms with Gasteiger partial charge in [0.15, 0.2) is 5.78 Å². The van der Waals surface area contributed by atoms with E-state index in [1.165, 1.54) is 0 Å². The van der Waals surface area contributed by atoms with Crippen LogP contribution in [0.4, 0.5) is 0 Å². The van der Waals surface area contributed by atoms with Crippen molar-refractivity contribution >= 4 is 33.5 Å². The van der Waals surface area contributed by atoms with E-state index < -0.39 is 0 Å². The minimum absolute atomic E-state index is 0.0405. The number of thioether (sulfide) groups is 1. The number of Topliss-reactive ketones (excluding diaryl/α,β-unsaturated/α-hetero) is 1. The number of halogens is 1. The topological polar surface area (TPSA) is 30.0 Å². The molecule has 4 heteroatoms. The van der Waals surface area contributed by atoms with Crippen molar-refractivity contribution in [3.63, 3.8) is 0 Å². The van der Waals surface area contributed by atoms with Crippen molar-refractivity contribution in [2.24, 2.45) is 0 Å². The van der Waals surface area contributed by atoms with E-state index >= 15 is 0 Å². The summed E-state index contributed by atoms with van der Waals surface area (Å²) in [6.45, 7) is 6.02. The summed E-state index contributed by atoms with van der Waals surface area (Å²) < 4.78 is 0. The summed E-state index contributed by atoms with van der Waals surface area (Å²) in [5.41, 5.74) is 0.570. The zero-order valence-corrected chi connectivity index (χ0v) is 11.4. The molecule has 0 fully saturated rings. The Bertz CT molecular complexity index is 352. The molecule has 1 atom stereocenters. The molecule has 15 heavy (non-hydrogen) atoms. The number of nitrogens with zero attached hydrogens (tertiary/aromatic N) is 1. The second kappa shape index (κ2) is 5.66. The molecule has 2 nitrogen and oxygen atoms in total. The first kappa shape index (κ1) is 12.7. The highest BCUT2D eigenvalue weighted by Crippen LogP contribution is 2.26. The normalized spacial score (nSPS) is 12.9. The molecular weight excluding hydrogens is 274 g/mol. The van der Waals surface area contributed by atoms with Crippen molar-refractivity contribution in [3.8, 4) is 0 Å². The summed E-state index contributed by atoms with van der Waals surface area (Å²) in [7, 11) is 0. The lowest BCUT2D eigenvalue weighted by Crippen LogP contribution is -2.13. The summed E-state index contributed by atoms with van der Waals surface area (Å²) in [5.74, 6) is 0.0405. The van der Waals surface area contributed by atoms with Crippen LogP contribution in [0.25, 0.3) is 0 Å². The van der Waals surface area contributed by atoms with E-state index in [1.807, 2.05) is 19.1 Å². The lowest BCUT2D eigenvalue weighted by Gasteiger charge is -2.10. The molecule has 82 valence electrons. The maximum Gasteiger partial charge on any atom is 0.195 e. The fourth-order valence-corrected chi connectivity index (χ4v) is 2.26. The van der Waals surface area contributed by atoms with Crippen LogP contribution < -0.4 is 0 Å². The molecule has 1 rings (SSSR count). The second-order valence-electron chi connectivity index (χ2n) is 3.50. The monoisotopic (exact) mass is 287 g/mol. The Morgan fingerprint density at radius 3 is 2.67 bits per heavy atom. The number of rotatable bonds is 4. The molecule has 0 spiro atoms. The van der Waals surface area contributed by atoms with Crippen molar-refractivity contribution in [1.29, 1.82) is 0 Å². The van der Waals surface area contributed by atoms with Crippen molar-refractivity contribution in [3.05, 3.63) is 24.0 Å². The van der Waals surface area contributed by atoms with Crippen LogP contribution in [0.15, 0.2) is 23.2 Å². The zero-order chi connectivity index (χ0) is 11.4. The summed E-state index contributed by atoms with van der Waals surface area (Å²) in [4.78, 5) is 16.8. The Morgan fingerprint density at radius 1 is 1.47 bits per heavy atom. The van der Waals surface area contributed by atoms with Crippen LogP contribution in [0.3, 0.4) is 0 Å². The predicted molar refractivity (Wildman–Crippen MR) is 67.9 cm³/mol. The van der Waals surface area contributed by atoms with Crippen LogP contribution in [0.5, 0.6) is 0 Å². The third kappa shape index (κ3) is 3.61. The van der Waals surface area contributed by atoms with Gasteiger partial charge in [-0.3, -0.25) is 9.78 Å². The number of aromatic nitrogens is 1. The first-order valence-corrected chi connectivity index (χ1v) is 6.62. The van der Waals surface area contributed by atoms with Crippen LogP contribution >= 0.6 is 27.7 Å². The molecule has 0 aromatic carbocycles. The van der Waals surface area contributed by atoms with Crippen LogP contribution in [-0.2, 0) is 0 Å². The molecular formula is C11H14BrNOS. The fourth-order valence-electron chi connectivity index (χ4n) is 1.11. The van der Waals surface area contributed by atoms with E-state index in [2.05, 4.69) is 34.8 Å². The molecule has 0 saturated carbocycles. The molecule has 0 bridgehead atoms. The highest BCUT2D eigenvalue weighted by molar-refractivity contribution is 9.10. The Kier molecular flexibility index (Phi) is 4.80. The van der Waals surface area contributed by atoms with E-state index in [4.69, 9.17) is 0 Å². The maximum absolute atomic E-state index is 11.8. The van der Waals surface area contributed by atoms with E-state index in [1.54, 1.807) is 18.0 Å². The number of hydrogen-bond donors (Lipinski definition) is 0. The molecule has 0 saturated heterocycles. The molecule has 0 N–H and O–H groups in total. The minimum Gasteiger partial charge on any atom is -0.291 e. The first-order valence-electron chi connectivity index (χ1n) is 4.82.